The molecule has 18 heavy (non-hydrogen) atoms. The maximum absolute atomic E-state index is 11.7. The van der Waals surface area contributed by atoms with E-state index in [1.807, 2.05) is 13.8 Å². The number of nitrogens with two attached hydrogens (primary N) is 1. The van der Waals surface area contributed by atoms with Gasteiger partial charge in [0, 0.05) is 12.6 Å². The number of nitrogens with zero attached hydrogens (tertiary/aromatic N) is 2. The first-order valence-corrected chi connectivity index (χ1v) is 5.85. The van der Waals surface area contributed by atoms with E-state index in [4.69, 9.17) is 5.84 Å². The molecule has 1 rings (SSSR count). The van der Waals surface area contributed by atoms with Gasteiger partial charge in [-0.05, 0) is 12.8 Å². The summed E-state index contributed by atoms with van der Waals surface area (Å²) >= 11 is 0. The number of nitrogen functional groups attached to an aromatic ring is 1. The van der Waals surface area contributed by atoms with Gasteiger partial charge in [-0.15, -0.1) is 0 Å². The van der Waals surface area contributed by atoms with E-state index in [1.54, 1.807) is 13.0 Å². The van der Waals surface area contributed by atoms with E-state index >= 15 is 0 Å². The summed E-state index contributed by atoms with van der Waals surface area (Å²) in [5.74, 6) is 6.64. The normalized spacial score (nSPS) is 12.1. The molecule has 0 aliphatic rings. The van der Waals surface area contributed by atoms with E-state index in [-0.39, 0.29) is 11.9 Å². The molecule has 0 radical (unpaired) electrons. The Hall–Kier alpha value is -1.89. The van der Waals surface area contributed by atoms with Gasteiger partial charge in [0.25, 0.3) is 0 Å². The number of carbonyl (C=O) groups excluding carboxylic acids is 1. The second-order valence-corrected chi connectivity index (χ2v) is 4.44. The van der Waals surface area contributed by atoms with Crippen molar-refractivity contribution in [3.63, 3.8) is 0 Å². The van der Waals surface area contributed by atoms with Gasteiger partial charge in [-0.1, -0.05) is 13.8 Å². The zero-order chi connectivity index (χ0) is 13.5. The molecular weight excluding hydrogens is 232 g/mol. The Morgan fingerprint density at radius 2 is 2.00 bits per heavy atom. The zero-order valence-electron chi connectivity index (χ0n) is 10.9. The number of hydrogen-bond donors (Lipinski definition) is 4. The van der Waals surface area contributed by atoms with Crippen molar-refractivity contribution in [3.05, 3.63) is 12.4 Å². The molecule has 1 heterocycles. The number of hydrazine groups is 1. The Morgan fingerprint density at radius 1 is 1.33 bits per heavy atom. The van der Waals surface area contributed by atoms with Gasteiger partial charge in [-0.2, -0.15) is 0 Å². The van der Waals surface area contributed by atoms with Crippen LogP contribution in [0.25, 0.3) is 0 Å². The molecule has 5 N–H and O–H groups in total. The minimum Gasteiger partial charge on any atom is -0.358 e. The van der Waals surface area contributed by atoms with Gasteiger partial charge in [-0.25, -0.2) is 15.8 Å². The van der Waals surface area contributed by atoms with Crippen molar-refractivity contribution in [2.24, 2.45) is 11.8 Å². The molecule has 0 bridgehead atoms. The summed E-state index contributed by atoms with van der Waals surface area (Å²) in [5, 5.41) is 5.83. The third-order valence-corrected chi connectivity index (χ3v) is 2.26. The number of anilines is 2. The average molecular weight is 252 g/mol. The number of nitrogens with one attached hydrogen (secondary N) is 3. The number of aromatic nitrogens is 2. The maximum atomic E-state index is 11.7. The first-order valence-electron chi connectivity index (χ1n) is 5.85. The van der Waals surface area contributed by atoms with Crippen LogP contribution in [0.1, 0.15) is 20.8 Å². The summed E-state index contributed by atoms with van der Waals surface area (Å²) in [5.41, 5.74) is 2.42. The molecule has 7 heteroatoms. The predicted molar refractivity (Wildman–Crippen MR) is 70.8 cm³/mol. The van der Waals surface area contributed by atoms with E-state index in [0.29, 0.717) is 24.1 Å². The van der Waals surface area contributed by atoms with Gasteiger partial charge in [0.05, 0.1) is 0 Å². The van der Waals surface area contributed by atoms with Gasteiger partial charge in [-0.3, -0.25) is 4.79 Å². The number of rotatable bonds is 6. The Morgan fingerprint density at radius 3 is 2.61 bits per heavy atom. The van der Waals surface area contributed by atoms with Gasteiger partial charge < -0.3 is 16.1 Å². The monoisotopic (exact) mass is 252 g/mol. The topological polar surface area (TPSA) is 105 Å². The van der Waals surface area contributed by atoms with Crippen LogP contribution in [0.2, 0.25) is 0 Å². The molecule has 0 aromatic carbocycles. The van der Waals surface area contributed by atoms with Crippen molar-refractivity contribution in [1.82, 2.24) is 15.3 Å². The van der Waals surface area contributed by atoms with Gasteiger partial charge in [0.1, 0.15) is 24.0 Å². The SMILES string of the molecule is CC(C)CNC(=O)C(C)Nc1cc(NN)ncn1. The summed E-state index contributed by atoms with van der Waals surface area (Å²) in [4.78, 5) is 19.6. The highest BCUT2D eigenvalue weighted by Crippen LogP contribution is 2.08. The lowest BCUT2D eigenvalue weighted by Gasteiger charge is -2.15. The van der Waals surface area contributed by atoms with Gasteiger partial charge >= 0.3 is 0 Å². The summed E-state index contributed by atoms with van der Waals surface area (Å²) in [6, 6.07) is 1.26. The van der Waals surface area contributed by atoms with Crippen molar-refractivity contribution in [2.75, 3.05) is 17.3 Å². The fourth-order valence-corrected chi connectivity index (χ4v) is 1.26. The third-order valence-electron chi connectivity index (χ3n) is 2.26. The summed E-state index contributed by atoms with van der Waals surface area (Å²) in [6.45, 7) is 6.52. The molecule has 7 nitrogen and oxygen atoms in total. The highest BCUT2D eigenvalue weighted by atomic mass is 16.2. The molecule has 0 fully saturated rings. The molecule has 0 spiro atoms. The third kappa shape index (κ3) is 4.54. The quantitative estimate of drug-likeness (QED) is 0.430. The van der Waals surface area contributed by atoms with E-state index in [9.17, 15) is 4.79 Å². The minimum atomic E-state index is -0.371. The zero-order valence-corrected chi connectivity index (χ0v) is 10.9. The fraction of sp³-hybridized carbons (Fsp3) is 0.545. The Labute approximate surface area is 107 Å². The summed E-state index contributed by atoms with van der Waals surface area (Å²) in [7, 11) is 0. The molecule has 0 aliphatic heterocycles. The van der Waals surface area contributed by atoms with Crippen LogP contribution < -0.4 is 21.9 Å². The first kappa shape index (κ1) is 14.2. The Kier molecular flexibility index (Phi) is 5.31. The van der Waals surface area contributed by atoms with E-state index in [0.717, 1.165) is 0 Å². The standard InChI is InChI=1S/C11H20N6O/c1-7(2)5-13-11(18)8(3)16-9-4-10(17-12)15-6-14-9/h4,6-8H,5,12H2,1-3H3,(H,13,18)(H2,14,15,16,17). The van der Waals surface area contributed by atoms with E-state index in [1.165, 1.54) is 6.33 Å². The molecule has 1 aromatic rings. The molecule has 100 valence electrons. The van der Waals surface area contributed by atoms with Crippen LogP contribution in [-0.2, 0) is 4.79 Å². The maximum Gasteiger partial charge on any atom is 0.242 e. The lowest BCUT2D eigenvalue weighted by molar-refractivity contribution is -0.121. The van der Waals surface area contributed by atoms with Crippen LogP contribution in [0, 0.1) is 5.92 Å². The lowest BCUT2D eigenvalue weighted by Crippen LogP contribution is -2.39. The van der Waals surface area contributed by atoms with Crippen molar-refractivity contribution in [3.8, 4) is 0 Å². The molecule has 1 unspecified atom stereocenters. The van der Waals surface area contributed by atoms with Crippen LogP contribution >= 0.6 is 0 Å². The van der Waals surface area contributed by atoms with Gasteiger partial charge in [0.2, 0.25) is 5.91 Å². The Balaban J connectivity index is 2.52. The summed E-state index contributed by atoms with van der Waals surface area (Å²) in [6.07, 6.45) is 1.37. The van der Waals surface area contributed by atoms with Crippen LogP contribution in [0.4, 0.5) is 11.6 Å². The number of hydrogen-bond acceptors (Lipinski definition) is 6. The molecule has 0 saturated heterocycles. The van der Waals surface area contributed by atoms with Crippen molar-refractivity contribution < 1.29 is 4.79 Å². The van der Waals surface area contributed by atoms with Gasteiger partial charge in [0.15, 0.2) is 0 Å². The number of carbonyl (C=O) groups is 1. The fourth-order valence-electron chi connectivity index (χ4n) is 1.26. The second-order valence-electron chi connectivity index (χ2n) is 4.44. The molecule has 0 saturated carbocycles. The minimum absolute atomic E-state index is 0.0652. The van der Waals surface area contributed by atoms with Crippen LogP contribution in [0.15, 0.2) is 12.4 Å². The highest BCUT2D eigenvalue weighted by Gasteiger charge is 2.13. The van der Waals surface area contributed by atoms with Crippen molar-refractivity contribution >= 4 is 17.5 Å². The van der Waals surface area contributed by atoms with E-state index < -0.39 is 0 Å². The van der Waals surface area contributed by atoms with Crippen molar-refractivity contribution in [1.29, 1.82) is 0 Å². The summed E-state index contributed by atoms with van der Waals surface area (Å²) < 4.78 is 0. The molecule has 1 amide bonds. The van der Waals surface area contributed by atoms with Crippen LogP contribution in [0.3, 0.4) is 0 Å². The van der Waals surface area contributed by atoms with Crippen LogP contribution in [0.5, 0.6) is 0 Å². The second kappa shape index (κ2) is 6.75. The molecule has 1 aromatic heterocycles. The average Bonchev–Trinajstić information content (AvgIpc) is 2.36. The smallest absolute Gasteiger partial charge is 0.242 e. The highest BCUT2D eigenvalue weighted by molar-refractivity contribution is 5.83. The van der Waals surface area contributed by atoms with E-state index in [2.05, 4.69) is 26.0 Å². The number of amides is 1. The molecule has 1 atom stereocenters. The first-order chi connectivity index (χ1) is 8.52. The molecular formula is C11H20N6O. The molecule has 0 aliphatic carbocycles. The van der Waals surface area contributed by atoms with Crippen LogP contribution in [-0.4, -0.2) is 28.5 Å². The predicted octanol–water partition coefficient (Wildman–Crippen LogP) is 0.335. The van der Waals surface area contributed by atoms with Crippen molar-refractivity contribution in [2.45, 2.75) is 26.8 Å². The Bertz CT molecular complexity index is 395. The lowest BCUT2D eigenvalue weighted by atomic mass is 10.2. The largest absolute Gasteiger partial charge is 0.358 e.